The van der Waals surface area contributed by atoms with Crippen molar-refractivity contribution in [3.05, 3.63) is 50.6 Å². The van der Waals surface area contributed by atoms with Crippen LogP contribution in [-0.2, 0) is 109 Å². The molecule has 8 heterocycles. The highest BCUT2D eigenvalue weighted by Gasteiger charge is 2.49. The van der Waals surface area contributed by atoms with Crippen LogP contribution in [0.15, 0.2) is 50.6 Å². The fourth-order valence-electron chi connectivity index (χ4n) is 9.57. The summed E-state index contributed by atoms with van der Waals surface area (Å²) in [6.45, 7) is 35.4. The highest BCUT2D eigenvalue weighted by Crippen LogP contribution is 2.36. The summed E-state index contributed by atoms with van der Waals surface area (Å²) in [5.41, 5.74) is 0. The van der Waals surface area contributed by atoms with Gasteiger partial charge >= 0.3 is 35.8 Å². The SMILES string of the molecule is C=CC(=O)OCCC1OCCCO1.C=CC(=O)OCCC1OCCO1.C=CC1OCCCO1.C=CC1OCCO1.CCC(C1OCCO1)C1C(=O)OC(=O)C1C.CCC(CCCC(C)C(=O)O)C1OCCCO1.CCC(CCCC(C)C(=O)O)C1OCCO1. The third kappa shape index (κ3) is 35.2. The van der Waals surface area contributed by atoms with Crippen LogP contribution in [0.1, 0.15) is 131 Å². The number of cyclic esters (lactones) is 2. The quantitative estimate of drug-likeness (QED) is 0.0256. The van der Waals surface area contributed by atoms with E-state index in [4.69, 9.17) is 86.0 Å². The summed E-state index contributed by atoms with van der Waals surface area (Å²) >= 11 is 0. The van der Waals surface area contributed by atoms with Gasteiger partial charge in [-0.15, -0.1) is 0 Å². The van der Waals surface area contributed by atoms with Crippen molar-refractivity contribution in [3.63, 3.8) is 0 Å². The lowest BCUT2D eigenvalue weighted by molar-refractivity contribution is -0.206. The number of ether oxygens (including phenoxy) is 17. The van der Waals surface area contributed by atoms with Gasteiger partial charge in [-0.1, -0.05) is 80.7 Å². The maximum atomic E-state index is 11.6. The van der Waals surface area contributed by atoms with E-state index < -0.39 is 47.7 Å². The number of rotatable bonds is 27. The zero-order valence-electron chi connectivity index (χ0n) is 53.7. The second-order valence-electron chi connectivity index (χ2n) is 21.5. The van der Waals surface area contributed by atoms with Gasteiger partial charge in [-0.05, 0) is 76.4 Å². The smallest absolute Gasteiger partial charge is 0.330 e. The Hall–Kier alpha value is -4.58. The summed E-state index contributed by atoms with van der Waals surface area (Å²) in [5, 5.41) is 17.6. The van der Waals surface area contributed by atoms with Gasteiger partial charge < -0.3 is 90.7 Å². The predicted molar refractivity (Wildman–Crippen MR) is 322 cm³/mol. The Morgan fingerprint density at radius 1 is 0.483 bits per heavy atom. The van der Waals surface area contributed by atoms with Gasteiger partial charge in [0.1, 0.15) is 0 Å². The van der Waals surface area contributed by atoms with Crippen LogP contribution in [0.4, 0.5) is 0 Å². The minimum absolute atomic E-state index is 0.0647. The van der Waals surface area contributed by atoms with Crippen molar-refractivity contribution in [2.45, 2.75) is 175 Å². The molecule has 0 amide bonds. The molecular weight excluding hydrogens is 1170 g/mol. The first-order valence-electron chi connectivity index (χ1n) is 31.6. The summed E-state index contributed by atoms with van der Waals surface area (Å²) < 4.78 is 88.0. The number of carbonyl (C=O) groups is 6. The molecule has 8 aliphatic rings. The number of carboxylic acid groups (broad SMARTS) is 2. The molecule has 0 spiro atoms. The van der Waals surface area contributed by atoms with E-state index in [1.165, 1.54) is 0 Å². The van der Waals surface area contributed by atoms with Crippen LogP contribution in [0.2, 0.25) is 0 Å². The third-order valence-electron chi connectivity index (χ3n) is 14.9. The van der Waals surface area contributed by atoms with Crippen molar-refractivity contribution in [3.8, 4) is 0 Å². The average Bonchev–Trinajstić information content (AvgIpc) is 2.89. The van der Waals surface area contributed by atoms with Gasteiger partial charge in [0.15, 0.2) is 44.0 Å². The fourth-order valence-corrected chi connectivity index (χ4v) is 9.57. The minimum atomic E-state index is -0.707. The lowest BCUT2D eigenvalue weighted by atomic mass is 9.82. The normalized spacial score (nSPS) is 22.6. The van der Waals surface area contributed by atoms with Gasteiger partial charge in [0.2, 0.25) is 0 Å². The van der Waals surface area contributed by atoms with Crippen molar-refractivity contribution in [1.82, 2.24) is 0 Å². The van der Waals surface area contributed by atoms with Crippen molar-refractivity contribution < 1.29 is 120 Å². The number of aliphatic carboxylic acids is 2. The molecular formula is C64H106O25. The molecule has 2 N–H and O–H groups in total. The van der Waals surface area contributed by atoms with Gasteiger partial charge in [-0.25, -0.2) is 9.59 Å². The first-order chi connectivity index (χ1) is 43.0. The zero-order chi connectivity index (χ0) is 65.6. The lowest BCUT2D eigenvalue weighted by Crippen LogP contribution is -2.34. The molecule has 7 unspecified atom stereocenters. The van der Waals surface area contributed by atoms with Crippen LogP contribution >= 0.6 is 0 Å². The molecule has 512 valence electrons. The molecule has 8 saturated heterocycles. The van der Waals surface area contributed by atoms with E-state index >= 15 is 0 Å². The minimum Gasteiger partial charge on any atom is -0.481 e. The molecule has 8 rings (SSSR count). The Morgan fingerprint density at radius 2 is 0.820 bits per heavy atom. The van der Waals surface area contributed by atoms with Crippen LogP contribution in [0, 0.1) is 41.4 Å². The Bertz CT molecular complexity index is 1950. The number of carboxylic acids is 2. The summed E-state index contributed by atoms with van der Waals surface area (Å²) in [6.07, 6.45) is 16.5. The predicted octanol–water partition coefficient (Wildman–Crippen LogP) is 8.49. The standard InChI is InChI=1S/C13H24O4.C12H22O4.C11H16O5.C9H14O4.C8H12O4.C6H10O2.C5H8O2/c1-3-11(13-16-8-5-9-17-13)7-4-6-10(2)12(14)15;1-3-10(12-15-7-8-16-12)6-4-5-9(2)11(13)14;1-3-7(11-14-4-5-15-11)8-6(2)9(12)16-10(8)13;1-2-8(10)11-7-4-9-12-5-3-6-13-9;1-2-7(9)10-4-3-8-11-5-6-12-8;1-2-6-7-4-3-5-8-6;1-2-5-6-3-4-7-5/h10-11,13H,3-9H2,1-2H3,(H,14,15);9-10,12H,3-8H2,1-2H3,(H,13,14);6-8,11H,3-5H2,1-2H3;2,9H,1,3-7H2;2,8H,1,3-6H2;2,6H,1,3-5H2;2,5H,1,3-4H2. The molecule has 0 aromatic heterocycles. The Morgan fingerprint density at radius 3 is 1.15 bits per heavy atom. The van der Waals surface area contributed by atoms with E-state index in [0.717, 1.165) is 129 Å². The van der Waals surface area contributed by atoms with Gasteiger partial charge in [0.05, 0.1) is 129 Å². The van der Waals surface area contributed by atoms with E-state index in [2.05, 4.69) is 44.9 Å². The van der Waals surface area contributed by atoms with Gasteiger partial charge in [-0.2, -0.15) is 0 Å². The van der Waals surface area contributed by atoms with E-state index in [9.17, 15) is 28.8 Å². The molecule has 7 atom stereocenters. The fraction of sp³-hybridized carbons (Fsp3) is 0.781. The lowest BCUT2D eigenvalue weighted by Gasteiger charge is -2.30. The molecule has 89 heavy (non-hydrogen) atoms. The number of carbonyl (C=O) groups excluding carboxylic acids is 4. The summed E-state index contributed by atoms with van der Waals surface area (Å²) in [4.78, 5) is 65.4. The van der Waals surface area contributed by atoms with Gasteiger partial charge in [0, 0.05) is 42.7 Å². The number of hydrogen-bond donors (Lipinski definition) is 2. The molecule has 8 aliphatic heterocycles. The highest BCUT2D eigenvalue weighted by molar-refractivity contribution is 5.96. The van der Waals surface area contributed by atoms with Crippen molar-refractivity contribution in [2.75, 3.05) is 106 Å². The Balaban J connectivity index is 0.000000360. The summed E-state index contributed by atoms with van der Waals surface area (Å²) in [5.74, 6) is -3.73. The van der Waals surface area contributed by atoms with Crippen molar-refractivity contribution >= 4 is 35.8 Å². The molecule has 0 aliphatic carbocycles. The maximum Gasteiger partial charge on any atom is 0.330 e. The summed E-state index contributed by atoms with van der Waals surface area (Å²) in [7, 11) is 0. The molecule has 0 radical (unpaired) electrons. The van der Waals surface area contributed by atoms with E-state index in [1.54, 1.807) is 32.9 Å². The Kier molecular flexibility index (Phi) is 45.3. The van der Waals surface area contributed by atoms with Gasteiger partial charge in [-0.3, -0.25) is 19.2 Å². The Labute approximate surface area is 526 Å². The molecule has 0 bridgehead atoms. The third-order valence-corrected chi connectivity index (χ3v) is 14.9. The van der Waals surface area contributed by atoms with Crippen LogP contribution in [-0.4, -0.2) is 196 Å². The van der Waals surface area contributed by atoms with Crippen LogP contribution in [0.25, 0.3) is 0 Å². The van der Waals surface area contributed by atoms with E-state index in [0.29, 0.717) is 90.7 Å². The second-order valence-corrected chi connectivity index (χ2v) is 21.5. The molecule has 0 saturated carbocycles. The van der Waals surface area contributed by atoms with Crippen molar-refractivity contribution in [2.24, 2.45) is 41.4 Å². The molecule has 25 nitrogen and oxygen atoms in total. The summed E-state index contributed by atoms with van der Waals surface area (Å²) in [6, 6.07) is 0. The van der Waals surface area contributed by atoms with E-state index in [-0.39, 0.29) is 61.8 Å². The molecule has 0 aromatic carbocycles. The van der Waals surface area contributed by atoms with Crippen LogP contribution in [0.3, 0.4) is 0 Å². The zero-order valence-corrected chi connectivity index (χ0v) is 53.7. The molecule has 0 aromatic rings. The number of hydrogen-bond acceptors (Lipinski definition) is 23. The van der Waals surface area contributed by atoms with Crippen LogP contribution < -0.4 is 0 Å². The average molecular weight is 1280 g/mol. The topological polar surface area (TPSA) is 300 Å². The molecule has 25 heteroatoms. The van der Waals surface area contributed by atoms with Gasteiger partial charge in [0.25, 0.3) is 0 Å². The highest BCUT2D eigenvalue weighted by atomic mass is 16.7. The van der Waals surface area contributed by atoms with E-state index in [1.807, 2.05) is 6.92 Å². The van der Waals surface area contributed by atoms with Crippen molar-refractivity contribution in [1.29, 1.82) is 0 Å². The first kappa shape index (κ1) is 80.5. The maximum absolute atomic E-state index is 11.6. The largest absolute Gasteiger partial charge is 0.481 e. The number of esters is 4. The van der Waals surface area contributed by atoms with Crippen LogP contribution in [0.5, 0.6) is 0 Å². The molecule has 8 fully saturated rings. The first-order valence-corrected chi connectivity index (χ1v) is 31.6. The second kappa shape index (κ2) is 50.0. The monoisotopic (exact) mass is 1270 g/mol.